The predicted molar refractivity (Wildman–Crippen MR) is 75.6 cm³/mol. The van der Waals surface area contributed by atoms with E-state index in [1.165, 1.54) is 12.1 Å². The molecule has 1 aromatic rings. The second kappa shape index (κ2) is 6.87. The van der Waals surface area contributed by atoms with E-state index in [0.717, 1.165) is 5.69 Å². The zero-order chi connectivity index (χ0) is 14.5. The Kier molecular flexibility index (Phi) is 5.76. The molecule has 0 amide bonds. The van der Waals surface area contributed by atoms with Crippen molar-refractivity contribution in [3.8, 4) is 0 Å². The number of aliphatic hydroxyl groups excluding tert-OH is 2. The highest BCUT2D eigenvalue weighted by atomic mass is 19.1. The standard InChI is InChI=1S/C15H24FNO2/c1-15(2,3)14(19)9-8-13(10-18)17-12-6-4-11(16)5-7-12/h4-7,13-14,17-19H,8-10H2,1-3H3/t13-,14?/m0/s1. The zero-order valence-corrected chi connectivity index (χ0v) is 11.9. The maximum atomic E-state index is 12.8. The summed E-state index contributed by atoms with van der Waals surface area (Å²) >= 11 is 0. The van der Waals surface area contributed by atoms with Gasteiger partial charge in [-0.15, -0.1) is 0 Å². The Labute approximate surface area is 114 Å². The molecule has 0 aliphatic carbocycles. The molecule has 1 aromatic carbocycles. The van der Waals surface area contributed by atoms with Crippen LogP contribution in [0.2, 0.25) is 0 Å². The van der Waals surface area contributed by atoms with Crippen LogP contribution in [0, 0.1) is 11.2 Å². The topological polar surface area (TPSA) is 52.5 Å². The molecule has 0 saturated carbocycles. The fraction of sp³-hybridized carbons (Fsp3) is 0.600. The van der Waals surface area contributed by atoms with Crippen LogP contribution in [-0.2, 0) is 0 Å². The summed E-state index contributed by atoms with van der Waals surface area (Å²) in [6.07, 6.45) is 0.867. The van der Waals surface area contributed by atoms with Crippen molar-refractivity contribution in [2.75, 3.05) is 11.9 Å². The van der Waals surface area contributed by atoms with Gasteiger partial charge in [0.15, 0.2) is 0 Å². The Balaban J connectivity index is 2.48. The van der Waals surface area contributed by atoms with Crippen molar-refractivity contribution >= 4 is 5.69 Å². The van der Waals surface area contributed by atoms with Crippen molar-refractivity contribution in [3.05, 3.63) is 30.1 Å². The lowest BCUT2D eigenvalue weighted by atomic mass is 9.86. The summed E-state index contributed by atoms with van der Waals surface area (Å²) in [4.78, 5) is 0. The predicted octanol–water partition coefficient (Wildman–Crippen LogP) is 2.79. The maximum Gasteiger partial charge on any atom is 0.123 e. The Morgan fingerprint density at radius 2 is 1.74 bits per heavy atom. The monoisotopic (exact) mass is 269 g/mol. The van der Waals surface area contributed by atoms with Gasteiger partial charge in [0.1, 0.15) is 5.82 Å². The summed E-state index contributed by atoms with van der Waals surface area (Å²) in [5, 5.41) is 22.4. The van der Waals surface area contributed by atoms with Crippen LogP contribution in [0.3, 0.4) is 0 Å². The molecule has 0 heterocycles. The number of halogens is 1. The van der Waals surface area contributed by atoms with Gasteiger partial charge < -0.3 is 15.5 Å². The summed E-state index contributed by atoms with van der Waals surface area (Å²) in [5.74, 6) is -0.283. The number of anilines is 1. The SMILES string of the molecule is CC(C)(C)C(O)CC[C@@H](CO)Nc1ccc(F)cc1. The Morgan fingerprint density at radius 3 is 2.21 bits per heavy atom. The minimum absolute atomic E-state index is 0.0196. The van der Waals surface area contributed by atoms with Gasteiger partial charge >= 0.3 is 0 Å². The third kappa shape index (κ3) is 5.57. The first-order valence-corrected chi connectivity index (χ1v) is 6.64. The van der Waals surface area contributed by atoms with E-state index in [1.807, 2.05) is 20.8 Å². The highest BCUT2D eigenvalue weighted by Gasteiger charge is 2.22. The van der Waals surface area contributed by atoms with Crippen LogP contribution < -0.4 is 5.32 Å². The lowest BCUT2D eigenvalue weighted by Crippen LogP contribution is -2.30. The molecule has 108 valence electrons. The zero-order valence-electron chi connectivity index (χ0n) is 11.9. The molecule has 3 nitrogen and oxygen atoms in total. The minimum atomic E-state index is -0.406. The van der Waals surface area contributed by atoms with Crippen LogP contribution in [0.4, 0.5) is 10.1 Å². The second-order valence-corrected chi connectivity index (χ2v) is 5.99. The number of aliphatic hydroxyl groups is 2. The molecule has 2 atom stereocenters. The molecule has 0 aromatic heterocycles. The van der Waals surface area contributed by atoms with Gasteiger partial charge in [-0.25, -0.2) is 4.39 Å². The molecule has 3 N–H and O–H groups in total. The first-order chi connectivity index (χ1) is 8.82. The molecule has 19 heavy (non-hydrogen) atoms. The number of rotatable bonds is 6. The van der Waals surface area contributed by atoms with Crippen LogP contribution in [0.25, 0.3) is 0 Å². The molecule has 0 bridgehead atoms. The first kappa shape index (κ1) is 15.9. The van der Waals surface area contributed by atoms with E-state index in [9.17, 15) is 14.6 Å². The van der Waals surface area contributed by atoms with Crippen LogP contribution in [0.1, 0.15) is 33.6 Å². The molecule has 0 fully saturated rings. The number of nitrogens with one attached hydrogen (secondary N) is 1. The van der Waals surface area contributed by atoms with Crippen molar-refractivity contribution in [1.82, 2.24) is 0 Å². The average Bonchev–Trinajstić information content (AvgIpc) is 2.35. The van der Waals surface area contributed by atoms with Crippen molar-refractivity contribution in [2.45, 2.75) is 45.8 Å². The first-order valence-electron chi connectivity index (χ1n) is 6.64. The van der Waals surface area contributed by atoms with Crippen LogP contribution in [-0.4, -0.2) is 29.0 Å². The maximum absolute atomic E-state index is 12.8. The Morgan fingerprint density at radius 1 is 1.16 bits per heavy atom. The third-order valence-electron chi connectivity index (χ3n) is 3.22. The fourth-order valence-electron chi connectivity index (χ4n) is 1.78. The highest BCUT2D eigenvalue weighted by molar-refractivity contribution is 5.43. The number of hydrogen-bond acceptors (Lipinski definition) is 3. The quantitative estimate of drug-likeness (QED) is 0.744. The van der Waals surface area contributed by atoms with Gasteiger partial charge in [0, 0.05) is 11.7 Å². The Hall–Kier alpha value is -1.13. The van der Waals surface area contributed by atoms with Gasteiger partial charge in [-0.1, -0.05) is 20.8 Å². The summed E-state index contributed by atoms with van der Waals surface area (Å²) < 4.78 is 12.8. The second-order valence-electron chi connectivity index (χ2n) is 5.99. The normalized spacial score (nSPS) is 15.1. The van der Waals surface area contributed by atoms with Gasteiger partial charge in [0.25, 0.3) is 0 Å². The van der Waals surface area contributed by atoms with Crippen LogP contribution in [0.5, 0.6) is 0 Å². The molecule has 0 radical (unpaired) electrons. The largest absolute Gasteiger partial charge is 0.394 e. The van der Waals surface area contributed by atoms with E-state index in [-0.39, 0.29) is 23.9 Å². The number of benzene rings is 1. The lowest BCUT2D eigenvalue weighted by Gasteiger charge is -2.27. The molecule has 4 heteroatoms. The third-order valence-corrected chi connectivity index (χ3v) is 3.22. The van der Waals surface area contributed by atoms with Gasteiger partial charge in [-0.3, -0.25) is 0 Å². The highest BCUT2D eigenvalue weighted by Crippen LogP contribution is 2.23. The fourth-order valence-corrected chi connectivity index (χ4v) is 1.78. The molecule has 1 rings (SSSR count). The van der Waals surface area contributed by atoms with E-state index in [1.54, 1.807) is 12.1 Å². The molecule has 0 aliphatic rings. The van der Waals surface area contributed by atoms with Gasteiger partial charge in [-0.2, -0.15) is 0 Å². The van der Waals surface area contributed by atoms with Crippen molar-refractivity contribution < 1.29 is 14.6 Å². The van der Waals surface area contributed by atoms with Gasteiger partial charge in [0.05, 0.1) is 12.7 Å². The van der Waals surface area contributed by atoms with Crippen LogP contribution in [0.15, 0.2) is 24.3 Å². The smallest absolute Gasteiger partial charge is 0.123 e. The van der Waals surface area contributed by atoms with E-state index in [4.69, 9.17) is 0 Å². The van der Waals surface area contributed by atoms with Crippen molar-refractivity contribution in [3.63, 3.8) is 0 Å². The molecule has 0 spiro atoms. The van der Waals surface area contributed by atoms with Crippen LogP contribution >= 0.6 is 0 Å². The average molecular weight is 269 g/mol. The van der Waals surface area contributed by atoms with Gasteiger partial charge in [-0.05, 0) is 42.5 Å². The summed E-state index contributed by atoms with van der Waals surface area (Å²) in [5.41, 5.74) is 0.612. The lowest BCUT2D eigenvalue weighted by molar-refractivity contribution is 0.0513. The summed E-state index contributed by atoms with van der Waals surface area (Å²) in [6.45, 7) is 5.94. The summed E-state index contributed by atoms with van der Waals surface area (Å²) in [7, 11) is 0. The molecular weight excluding hydrogens is 245 g/mol. The summed E-state index contributed by atoms with van der Waals surface area (Å²) in [6, 6.07) is 5.89. The van der Waals surface area contributed by atoms with E-state index < -0.39 is 6.10 Å². The molecule has 0 aliphatic heterocycles. The van der Waals surface area contributed by atoms with Crippen molar-refractivity contribution in [1.29, 1.82) is 0 Å². The molecule has 0 saturated heterocycles. The van der Waals surface area contributed by atoms with Gasteiger partial charge in [0.2, 0.25) is 0 Å². The van der Waals surface area contributed by atoms with E-state index in [0.29, 0.717) is 12.8 Å². The molecular formula is C15H24FNO2. The minimum Gasteiger partial charge on any atom is -0.394 e. The van der Waals surface area contributed by atoms with Crippen molar-refractivity contribution in [2.24, 2.45) is 5.41 Å². The molecule has 1 unspecified atom stereocenters. The van der Waals surface area contributed by atoms with E-state index >= 15 is 0 Å². The number of hydrogen-bond donors (Lipinski definition) is 3. The van der Waals surface area contributed by atoms with E-state index in [2.05, 4.69) is 5.32 Å². The Bertz CT molecular complexity index is 373.